The van der Waals surface area contributed by atoms with E-state index in [0.717, 1.165) is 171 Å². The summed E-state index contributed by atoms with van der Waals surface area (Å²) in [6.07, 6.45) is 19.0. The van der Waals surface area contributed by atoms with Crippen molar-refractivity contribution in [3.05, 3.63) is 223 Å². The zero-order valence-electron chi connectivity index (χ0n) is 65.0. The van der Waals surface area contributed by atoms with Gasteiger partial charge in [-0.1, -0.05) is 132 Å². The van der Waals surface area contributed by atoms with E-state index in [-0.39, 0.29) is 109 Å². The van der Waals surface area contributed by atoms with Crippen molar-refractivity contribution in [2.24, 2.45) is 0 Å². The Morgan fingerprint density at radius 2 is 1.42 bits per heavy atom. The number of ether oxygens (including phenoxy) is 1. The SMILES string of the molecule is CCCCCCOC(C)C1c2cc3nc(cc4[nH]c5c(c6nc(cc([nH]2)C1C)C(C)C6CCC(=O)Nc1ccc(SC2=C(C=CC6=[N+](CCCCS(=O)(=O)[O-])c7ccc8ccccc8c7C6(P)P)CCCC2=CC=C2N(CCCCS(=O)(=O)[O-])c6ccc7ccccc7c6C2(P)P)cc1)CC(=O)c5c4C)C(CC)C3C.[Na+]. The first kappa shape index (κ1) is 83.4. The van der Waals surface area contributed by atoms with Gasteiger partial charge in [-0.15, -0.1) is 37.0 Å². The molecule has 0 spiro atoms. The van der Waals surface area contributed by atoms with E-state index in [2.05, 4.69) is 206 Å². The van der Waals surface area contributed by atoms with Gasteiger partial charge >= 0.3 is 29.6 Å². The second kappa shape index (κ2) is 34.7. The molecule has 7 aromatic rings. The van der Waals surface area contributed by atoms with Gasteiger partial charge in [-0.2, -0.15) is 4.58 Å². The quantitative estimate of drug-likeness (QED) is 0.0143. The Labute approximate surface area is 690 Å². The van der Waals surface area contributed by atoms with Crippen LogP contribution in [0.2, 0.25) is 0 Å². The number of carbonyl (C=O) groups excluding carboxylic acids is 2. The molecule has 24 heteroatoms. The summed E-state index contributed by atoms with van der Waals surface area (Å²) in [7, 11) is 3.62. The van der Waals surface area contributed by atoms with E-state index in [1.807, 2.05) is 43.3 Å². The number of thioether (sulfide) groups is 1. The number of rotatable bonds is 27. The molecule has 0 saturated carbocycles. The number of carbonyl (C=O) groups is 2. The number of H-pyrrole nitrogens is 2. The van der Waals surface area contributed by atoms with Crippen molar-refractivity contribution in [2.45, 2.75) is 201 Å². The Balaban J connectivity index is 0.0000108. The molecule has 5 aliphatic heterocycles. The van der Waals surface area contributed by atoms with Gasteiger partial charge in [0.2, 0.25) is 11.6 Å². The minimum Gasteiger partial charge on any atom is -0.748 e. The smallest absolute Gasteiger partial charge is 0.748 e. The molecule has 3 N–H and O–H groups in total. The van der Waals surface area contributed by atoms with Crippen LogP contribution in [-0.2, 0) is 46.0 Å². The number of aromatic amines is 2. The maximum atomic E-state index is 14.6. The van der Waals surface area contributed by atoms with Crippen molar-refractivity contribution < 1.29 is 74.4 Å². The van der Waals surface area contributed by atoms with Gasteiger partial charge in [-0.25, -0.2) is 16.8 Å². The van der Waals surface area contributed by atoms with Crippen LogP contribution in [-0.4, -0.2) is 105 Å². The molecule has 0 saturated heterocycles. The number of anilines is 2. The average molecular weight is 1630 g/mol. The molecule has 5 aromatic carbocycles. The molecule has 111 heavy (non-hydrogen) atoms. The van der Waals surface area contributed by atoms with Crippen molar-refractivity contribution in [2.75, 3.05) is 41.4 Å². The Morgan fingerprint density at radius 3 is 2.14 bits per heavy atom. The number of nitrogens with zero attached hydrogens (tertiary/aromatic N) is 4. The number of hydrogen-bond acceptors (Lipinski definition) is 13. The molecular weight excluding hydrogens is 1530 g/mol. The molecule has 7 heterocycles. The molecule has 2 aromatic heterocycles. The minimum absolute atomic E-state index is 0. The van der Waals surface area contributed by atoms with Gasteiger partial charge in [-0.05, 0) is 171 Å². The molecule has 8 bridgehead atoms. The van der Waals surface area contributed by atoms with Crippen LogP contribution in [0.4, 0.5) is 17.1 Å². The fraction of sp³-hybridized carbons (Fsp3) is 0.414. The summed E-state index contributed by atoms with van der Waals surface area (Å²) in [5.74, 6) is -0.646. The van der Waals surface area contributed by atoms with Crippen molar-refractivity contribution in [1.29, 1.82) is 0 Å². The van der Waals surface area contributed by atoms with Gasteiger partial charge < -0.3 is 34.0 Å². The predicted octanol–water partition coefficient (Wildman–Crippen LogP) is 16.5. The third kappa shape index (κ3) is 17.5. The largest absolute Gasteiger partial charge is 1.00 e. The second-order valence-electron chi connectivity index (χ2n) is 31.2. The molecule has 1 amide bonds. The van der Waals surface area contributed by atoms with Gasteiger partial charge in [0, 0.05) is 169 Å². The predicted molar refractivity (Wildman–Crippen MR) is 460 cm³/mol. The Hall–Kier alpha value is -5.58. The summed E-state index contributed by atoms with van der Waals surface area (Å²) >= 11 is 1.67. The van der Waals surface area contributed by atoms with Crippen LogP contribution in [0.1, 0.15) is 234 Å². The maximum Gasteiger partial charge on any atom is 1.00 e. The number of unbranched alkanes of at least 4 members (excludes halogenated alkanes) is 5. The normalized spacial score (nSPS) is 21.3. The van der Waals surface area contributed by atoms with Gasteiger partial charge in [0.25, 0.3) is 0 Å². The van der Waals surface area contributed by atoms with Crippen LogP contribution in [0.15, 0.2) is 166 Å². The molecule has 7 aliphatic rings. The number of fused-ring (bicyclic) bond motifs is 14. The fourth-order valence-electron chi connectivity index (χ4n) is 18.1. The summed E-state index contributed by atoms with van der Waals surface area (Å²) in [6.45, 7) is 17.2. The average Bonchev–Trinajstić information content (AvgIpc) is 1.58. The number of amides is 1. The number of hydrogen-bond donors (Lipinski definition) is 3. The molecular formula is C87H102N7NaO9P4S3. The third-order valence-electron chi connectivity index (χ3n) is 23.9. The van der Waals surface area contributed by atoms with Crippen LogP contribution >= 0.6 is 48.7 Å². The summed E-state index contributed by atoms with van der Waals surface area (Å²) in [6, 6.07) is 39.9. The molecule has 16 nitrogen and oxygen atoms in total. The number of nitrogens with one attached hydrogen (secondary N) is 3. The Bertz CT molecular complexity index is 5440. The molecule has 11 unspecified atom stereocenters. The monoisotopic (exact) mass is 1630 g/mol. The van der Waals surface area contributed by atoms with Crippen LogP contribution in [0.3, 0.4) is 0 Å². The summed E-state index contributed by atoms with van der Waals surface area (Å²) in [5.41, 5.74) is 19.4. The second-order valence-corrected chi connectivity index (χ2v) is 40.3. The first-order valence-corrected chi connectivity index (χ1v) is 45.5. The van der Waals surface area contributed by atoms with Gasteiger partial charge in [0.15, 0.2) is 11.5 Å². The van der Waals surface area contributed by atoms with E-state index in [0.29, 0.717) is 50.2 Å². The molecule has 578 valence electrons. The zero-order valence-corrected chi connectivity index (χ0v) is 74.0. The third-order valence-corrected chi connectivity index (χ3v) is 29.1. The van der Waals surface area contributed by atoms with Gasteiger partial charge in [0.05, 0.1) is 48.0 Å². The van der Waals surface area contributed by atoms with Crippen LogP contribution in [0, 0.1) is 6.92 Å². The summed E-state index contributed by atoms with van der Waals surface area (Å²) in [4.78, 5) is 50.6. The van der Waals surface area contributed by atoms with Crippen LogP contribution in [0.25, 0.3) is 32.6 Å². The van der Waals surface area contributed by atoms with Crippen molar-refractivity contribution in [3.8, 4) is 0 Å². The number of benzene rings is 5. The topological polar surface area (TPSA) is 233 Å². The first-order valence-electron chi connectivity index (χ1n) is 39.2. The van der Waals surface area contributed by atoms with Crippen molar-refractivity contribution >= 4 is 136 Å². The van der Waals surface area contributed by atoms with Crippen molar-refractivity contribution in [3.63, 3.8) is 0 Å². The molecule has 0 fully saturated rings. The Morgan fingerprint density at radius 1 is 0.748 bits per heavy atom. The minimum atomic E-state index is -4.40. The van der Waals surface area contributed by atoms with E-state index in [1.54, 1.807) is 11.8 Å². The molecule has 14 rings (SSSR count). The van der Waals surface area contributed by atoms with Crippen LogP contribution in [0.5, 0.6) is 0 Å². The Kier molecular flexibility index (Phi) is 26.1. The van der Waals surface area contributed by atoms with E-state index >= 15 is 0 Å². The maximum absolute atomic E-state index is 14.6. The summed E-state index contributed by atoms with van der Waals surface area (Å²) < 4.78 is 80.1. The van der Waals surface area contributed by atoms with E-state index in [9.17, 15) is 35.5 Å². The van der Waals surface area contributed by atoms with Crippen LogP contribution < -0.4 is 39.8 Å². The number of aromatic nitrogens is 4. The number of allylic oxidation sites excluding steroid dienone is 7. The van der Waals surface area contributed by atoms with E-state index in [4.69, 9.17) is 14.7 Å². The fourth-order valence-corrected chi connectivity index (χ4v) is 22.5. The first-order chi connectivity index (χ1) is 52.6. The van der Waals surface area contributed by atoms with E-state index < -0.39 is 41.5 Å². The van der Waals surface area contributed by atoms with Crippen molar-refractivity contribution in [1.82, 2.24) is 19.9 Å². The molecule has 0 radical (unpaired) electrons. The van der Waals surface area contributed by atoms with Gasteiger partial charge in [-0.3, -0.25) is 19.6 Å². The number of ketones is 1. The molecule has 2 aliphatic carbocycles. The van der Waals surface area contributed by atoms with Gasteiger partial charge in [0.1, 0.15) is 11.4 Å². The summed E-state index contributed by atoms with van der Waals surface area (Å²) in [5, 5.41) is 7.68. The standard InChI is InChI=1S/C87H103N7O9P4S3.Na/c1-8-10-11-18-44-103-55(7)79-53(5)69-48-68-52(4)63(83(91-68)66-47-75(95)80-54(6)70(92-84(66)80)49-71-62(9-2)51(3)67(89-71)50-72(79)90-69)36-41-78(96)88-60-32-34-61(35-33-60)108-85-58(30-39-76-86(104,105)81-64-26-14-12-22-56(64)28-37-73(81)93(76)42-16-19-45-109(97,98)99)24-21-25-59(85)31-40-77-87(106,107)82-65-27-15-13-23-57(65)29-38-74(82)94(77)43-17-20-46-110(100,101)102;/h12-15,22-23,26-35,37-40,48-53,55,62-63,79H,8-11,16-21,24-25,36,41-47,104-107H2,1-7H3,(H4-,88,89,90,91,92,95,96,97,98,99,100,101,102);/q;+1/p-1. The number of Topliss-reactive ketones (excluding diaryl/α,β-unsaturated/α-hetero) is 1. The zero-order chi connectivity index (χ0) is 77.7. The molecule has 11 atom stereocenters. The number of aryl methyl sites for hydroxylation is 1. The van der Waals surface area contributed by atoms with E-state index in [1.165, 1.54) is 12.8 Å².